The van der Waals surface area contributed by atoms with Gasteiger partial charge < -0.3 is 10.1 Å². The molecule has 0 aliphatic rings. The number of aromatic nitrogens is 3. The van der Waals surface area contributed by atoms with Crippen LogP contribution in [0.1, 0.15) is 12.6 Å². The van der Waals surface area contributed by atoms with Gasteiger partial charge in [-0.25, -0.2) is 4.98 Å². The zero-order valence-electron chi connectivity index (χ0n) is 10.1. The predicted octanol–water partition coefficient (Wildman–Crippen LogP) is 1.83. The predicted molar refractivity (Wildman–Crippen MR) is 65.9 cm³/mol. The highest BCUT2D eigenvalue weighted by Gasteiger charge is 2.04. The maximum atomic E-state index is 5.49. The van der Waals surface area contributed by atoms with Gasteiger partial charge in [0.15, 0.2) is 11.6 Å². The molecule has 1 N–H and O–H groups in total. The smallest absolute Gasteiger partial charge is 0.169 e. The monoisotopic (exact) mass is 232 g/mol. The van der Waals surface area contributed by atoms with Crippen molar-refractivity contribution in [3.05, 3.63) is 36.3 Å². The number of ether oxygens (including phenoxy) is 1. The molecule has 2 aromatic heterocycles. The lowest BCUT2D eigenvalue weighted by Gasteiger charge is -2.10. The number of aryl methyl sites for hydroxylation is 1. The van der Waals surface area contributed by atoms with Gasteiger partial charge in [0, 0.05) is 19.4 Å². The molecule has 90 valence electrons. The van der Waals surface area contributed by atoms with Crippen LogP contribution in [-0.4, -0.2) is 21.4 Å². The molecular formula is C12H16N4O. The van der Waals surface area contributed by atoms with Gasteiger partial charge in [-0.05, 0) is 25.1 Å². The van der Waals surface area contributed by atoms with Crippen molar-refractivity contribution in [2.24, 2.45) is 7.05 Å². The number of nitrogens with zero attached hydrogens (tertiary/aromatic N) is 3. The Labute approximate surface area is 100 Å². The summed E-state index contributed by atoms with van der Waals surface area (Å²) in [6.07, 6.45) is 3.52. The quantitative estimate of drug-likeness (QED) is 0.854. The van der Waals surface area contributed by atoms with E-state index in [0.717, 1.165) is 17.3 Å². The van der Waals surface area contributed by atoms with Crippen molar-refractivity contribution in [2.45, 2.75) is 13.5 Å². The van der Waals surface area contributed by atoms with E-state index in [4.69, 9.17) is 4.74 Å². The van der Waals surface area contributed by atoms with Crippen molar-refractivity contribution in [3.63, 3.8) is 0 Å². The molecule has 0 aromatic carbocycles. The minimum absolute atomic E-state index is 0.631. The molecule has 0 aliphatic heterocycles. The Morgan fingerprint density at radius 1 is 1.35 bits per heavy atom. The summed E-state index contributed by atoms with van der Waals surface area (Å²) < 4.78 is 7.32. The Balaban J connectivity index is 2.06. The Morgan fingerprint density at radius 3 is 2.94 bits per heavy atom. The van der Waals surface area contributed by atoms with Gasteiger partial charge in [0.05, 0.1) is 18.8 Å². The van der Waals surface area contributed by atoms with Crippen LogP contribution in [0.5, 0.6) is 5.75 Å². The van der Waals surface area contributed by atoms with Crippen molar-refractivity contribution in [2.75, 3.05) is 11.9 Å². The molecule has 2 aromatic rings. The number of nitrogens with one attached hydrogen (secondary N) is 1. The third-order valence-electron chi connectivity index (χ3n) is 2.43. The van der Waals surface area contributed by atoms with E-state index in [1.54, 1.807) is 12.4 Å². The minimum atomic E-state index is 0.631. The fraction of sp³-hybridized carbons (Fsp3) is 0.333. The van der Waals surface area contributed by atoms with Gasteiger partial charge in [-0.1, -0.05) is 0 Å². The van der Waals surface area contributed by atoms with Crippen LogP contribution >= 0.6 is 0 Å². The fourth-order valence-corrected chi connectivity index (χ4v) is 1.54. The highest BCUT2D eigenvalue weighted by molar-refractivity contribution is 5.49. The Bertz CT molecular complexity index is 481. The largest absolute Gasteiger partial charge is 0.490 e. The molecule has 0 fully saturated rings. The first-order chi connectivity index (χ1) is 8.31. The zero-order valence-corrected chi connectivity index (χ0v) is 10.1. The average molecular weight is 232 g/mol. The molecule has 0 saturated heterocycles. The number of pyridine rings is 1. The molecule has 0 saturated carbocycles. The first kappa shape index (κ1) is 11.4. The van der Waals surface area contributed by atoms with Crippen LogP contribution in [0, 0.1) is 0 Å². The van der Waals surface area contributed by atoms with Gasteiger partial charge in [-0.3, -0.25) is 4.68 Å². The van der Waals surface area contributed by atoms with Gasteiger partial charge in [-0.2, -0.15) is 5.10 Å². The fourth-order valence-electron chi connectivity index (χ4n) is 1.54. The van der Waals surface area contributed by atoms with Gasteiger partial charge >= 0.3 is 0 Å². The van der Waals surface area contributed by atoms with Crippen LogP contribution < -0.4 is 10.1 Å². The van der Waals surface area contributed by atoms with E-state index in [2.05, 4.69) is 15.4 Å². The summed E-state index contributed by atoms with van der Waals surface area (Å²) in [4.78, 5) is 4.26. The summed E-state index contributed by atoms with van der Waals surface area (Å²) in [6, 6.07) is 5.73. The molecule has 0 amide bonds. The van der Waals surface area contributed by atoms with E-state index >= 15 is 0 Å². The summed E-state index contributed by atoms with van der Waals surface area (Å²) in [5, 5.41) is 7.36. The molecule has 2 rings (SSSR count). The minimum Gasteiger partial charge on any atom is -0.490 e. The number of anilines is 1. The Kier molecular flexibility index (Phi) is 3.59. The summed E-state index contributed by atoms with van der Waals surface area (Å²) >= 11 is 0. The van der Waals surface area contributed by atoms with Crippen LogP contribution in [0.2, 0.25) is 0 Å². The van der Waals surface area contributed by atoms with Gasteiger partial charge in [0.2, 0.25) is 0 Å². The molecule has 5 heteroatoms. The van der Waals surface area contributed by atoms with E-state index in [1.165, 1.54) is 0 Å². The average Bonchev–Trinajstić information content (AvgIpc) is 2.74. The van der Waals surface area contributed by atoms with E-state index in [-0.39, 0.29) is 0 Å². The molecule has 0 spiro atoms. The van der Waals surface area contributed by atoms with E-state index < -0.39 is 0 Å². The zero-order chi connectivity index (χ0) is 12.1. The summed E-state index contributed by atoms with van der Waals surface area (Å²) in [5.74, 6) is 1.53. The third-order valence-corrected chi connectivity index (χ3v) is 2.43. The molecule has 0 atom stereocenters. The molecule has 2 heterocycles. The molecule has 0 bridgehead atoms. The van der Waals surface area contributed by atoms with Gasteiger partial charge in [0.25, 0.3) is 0 Å². The lowest BCUT2D eigenvalue weighted by molar-refractivity contribution is 0.340. The van der Waals surface area contributed by atoms with Crippen LogP contribution in [0.25, 0.3) is 0 Å². The SMILES string of the molecule is CCOc1cccnc1NCc1ccnn1C. The Morgan fingerprint density at radius 2 is 2.24 bits per heavy atom. The first-order valence-electron chi connectivity index (χ1n) is 5.60. The van der Waals surface area contributed by atoms with E-state index in [0.29, 0.717) is 13.2 Å². The van der Waals surface area contributed by atoms with Crippen LogP contribution in [0.15, 0.2) is 30.6 Å². The van der Waals surface area contributed by atoms with Crippen molar-refractivity contribution in [3.8, 4) is 5.75 Å². The van der Waals surface area contributed by atoms with Gasteiger partial charge in [-0.15, -0.1) is 0 Å². The second-order valence-corrected chi connectivity index (χ2v) is 3.58. The van der Waals surface area contributed by atoms with E-state index in [9.17, 15) is 0 Å². The third kappa shape index (κ3) is 2.75. The van der Waals surface area contributed by atoms with Crippen LogP contribution in [-0.2, 0) is 13.6 Å². The summed E-state index contributed by atoms with van der Waals surface area (Å²) in [7, 11) is 1.92. The second kappa shape index (κ2) is 5.34. The molecule has 0 aliphatic carbocycles. The summed E-state index contributed by atoms with van der Waals surface area (Å²) in [6.45, 7) is 3.26. The van der Waals surface area contributed by atoms with Crippen molar-refractivity contribution in [1.29, 1.82) is 0 Å². The molecule has 17 heavy (non-hydrogen) atoms. The molecule has 0 unspecified atom stereocenters. The highest BCUT2D eigenvalue weighted by Crippen LogP contribution is 2.21. The second-order valence-electron chi connectivity index (χ2n) is 3.58. The van der Waals surface area contributed by atoms with Gasteiger partial charge in [0.1, 0.15) is 0 Å². The first-order valence-corrected chi connectivity index (χ1v) is 5.60. The standard InChI is InChI=1S/C12H16N4O/c1-3-17-11-5-4-7-13-12(11)14-9-10-6-8-15-16(10)2/h4-8H,3,9H2,1-2H3,(H,13,14). The van der Waals surface area contributed by atoms with Crippen molar-refractivity contribution >= 4 is 5.82 Å². The lowest BCUT2D eigenvalue weighted by Crippen LogP contribution is -2.08. The molecular weight excluding hydrogens is 216 g/mol. The number of hydrogen-bond acceptors (Lipinski definition) is 4. The summed E-state index contributed by atoms with van der Waals surface area (Å²) in [5.41, 5.74) is 1.10. The van der Waals surface area contributed by atoms with Crippen molar-refractivity contribution < 1.29 is 4.74 Å². The number of hydrogen-bond donors (Lipinski definition) is 1. The number of rotatable bonds is 5. The Hall–Kier alpha value is -2.04. The maximum Gasteiger partial charge on any atom is 0.169 e. The van der Waals surface area contributed by atoms with Crippen LogP contribution in [0.3, 0.4) is 0 Å². The highest BCUT2D eigenvalue weighted by atomic mass is 16.5. The lowest BCUT2D eigenvalue weighted by atomic mass is 10.4. The topological polar surface area (TPSA) is 52.0 Å². The van der Waals surface area contributed by atoms with Crippen LogP contribution in [0.4, 0.5) is 5.82 Å². The van der Waals surface area contributed by atoms with Crippen molar-refractivity contribution in [1.82, 2.24) is 14.8 Å². The molecule has 5 nitrogen and oxygen atoms in total. The maximum absolute atomic E-state index is 5.49. The molecule has 0 radical (unpaired) electrons. The van der Waals surface area contributed by atoms with E-state index in [1.807, 2.05) is 36.9 Å². The normalized spacial score (nSPS) is 10.2.